The van der Waals surface area contributed by atoms with Crippen molar-refractivity contribution in [1.29, 1.82) is 5.26 Å². The lowest BCUT2D eigenvalue weighted by atomic mass is 9.89. The molecular weight excluding hydrogens is 597 g/mol. The van der Waals surface area contributed by atoms with E-state index in [0.29, 0.717) is 33.9 Å². The number of alkyl halides is 3. The quantitative estimate of drug-likeness (QED) is 0.203. The molecule has 46 heavy (non-hydrogen) atoms. The van der Waals surface area contributed by atoms with Crippen molar-refractivity contribution in [3.8, 4) is 23.7 Å². The minimum Gasteiger partial charge on any atom is -0.490 e. The molecule has 2 fully saturated rings. The van der Waals surface area contributed by atoms with Crippen LogP contribution in [0.25, 0.3) is 10.9 Å². The Morgan fingerprint density at radius 2 is 1.87 bits per heavy atom. The first-order chi connectivity index (χ1) is 22.3. The highest BCUT2D eigenvalue weighted by molar-refractivity contribution is 5.95. The molecule has 0 spiro atoms. The summed E-state index contributed by atoms with van der Waals surface area (Å²) in [4.78, 5) is 14.6. The molecule has 2 aliphatic rings. The molecule has 1 saturated carbocycles. The van der Waals surface area contributed by atoms with E-state index >= 15 is 0 Å². The van der Waals surface area contributed by atoms with Crippen molar-refractivity contribution in [2.75, 3.05) is 57.1 Å². The molecule has 0 unspecified atom stereocenters. The van der Waals surface area contributed by atoms with Gasteiger partial charge in [0.1, 0.15) is 18.9 Å². The van der Waals surface area contributed by atoms with Crippen LogP contribution in [0.3, 0.4) is 0 Å². The van der Waals surface area contributed by atoms with E-state index in [0.717, 1.165) is 57.7 Å². The van der Waals surface area contributed by atoms with Gasteiger partial charge in [0.25, 0.3) is 5.91 Å². The predicted octanol–water partition coefficient (Wildman–Crippen LogP) is 5.37. The van der Waals surface area contributed by atoms with Crippen LogP contribution in [0.5, 0.6) is 5.75 Å². The van der Waals surface area contributed by atoms with E-state index in [1.807, 2.05) is 12.1 Å². The monoisotopic (exact) mass is 636 g/mol. The molecule has 1 amide bonds. The van der Waals surface area contributed by atoms with Gasteiger partial charge in [-0.25, -0.2) is 0 Å². The largest absolute Gasteiger partial charge is 0.490 e. The number of amides is 1. The van der Waals surface area contributed by atoms with E-state index in [1.165, 1.54) is 11.6 Å². The molecular formula is C34H39F3N6O3. The van der Waals surface area contributed by atoms with Gasteiger partial charge in [-0.2, -0.15) is 18.4 Å². The van der Waals surface area contributed by atoms with E-state index in [9.17, 15) is 18.0 Å². The van der Waals surface area contributed by atoms with Crippen molar-refractivity contribution in [2.45, 2.75) is 56.9 Å². The normalized spacial score (nSPS) is 18.7. The standard InChI is InChI=1S/C34H39F3N6O3/c1-39-33(44)24-8-13-30(32(21-24)46-18-4-14-38)40-15-3-5-27-22-28-29(6-2-7-31(28)43(27)23-34(35,36)37)41-25-9-11-26(12-10-25)42-16-19-45-20-17-42/h2,6-8,13,21-22,25-26,40-41H,4,9-12,15-20,23H2,1H3,(H,39,44). The second-order valence-electron chi connectivity index (χ2n) is 11.5. The summed E-state index contributed by atoms with van der Waals surface area (Å²) in [5, 5.41) is 18.9. The molecule has 2 heterocycles. The predicted molar refractivity (Wildman–Crippen MR) is 171 cm³/mol. The summed E-state index contributed by atoms with van der Waals surface area (Å²) in [6, 6.07) is 14.8. The Labute approximate surface area is 267 Å². The molecule has 3 aromatic rings. The van der Waals surface area contributed by atoms with Gasteiger partial charge in [0.15, 0.2) is 0 Å². The SMILES string of the molecule is CNC(=O)c1ccc(NCC#Cc2cc3c(NC4CCC(N5CCOCC5)CC4)cccc3n2CC(F)(F)F)c(OCCC#N)c1. The molecule has 1 aliphatic carbocycles. The molecule has 1 aliphatic heterocycles. The fourth-order valence-corrected chi connectivity index (χ4v) is 6.17. The van der Waals surface area contributed by atoms with Gasteiger partial charge < -0.3 is 30.0 Å². The first-order valence-electron chi connectivity index (χ1n) is 15.6. The zero-order chi connectivity index (χ0) is 32.5. The number of rotatable bonds is 10. The van der Waals surface area contributed by atoms with Crippen LogP contribution in [0.15, 0.2) is 42.5 Å². The van der Waals surface area contributed by atoms with E-state index in [2.05, 4.69) is 32.7 Å². The van der Waals surface area contributed by atoms with E-state index in [1.54, 1.807) is 36.4 Å². The Balaban J connectivity index is 1.32. The number of hydrogen-bond acceptors (Lipinski definition) is 7. The number of halogens is 3. The van der Waals surface area contributed by atoms with E-state index in [4.69, 9.17) is 14.7 Å². The number of nitriles is 1. The van der Waals surface area contributed by atoms with Crippen LogP contribution in [0.4, 0.5) is 24.5 Å². The van der Waals surface area contributed by atoms with Crippen LogP contribution < -0.4 is 20.7 Å². The van der Waals surface area contributed by atoms with Crippen molar-refractivity contribution in [1.82, 2.24) is 14.8 Å². The number of anilines is 2. The number of nitrogens with zero attached hydrogens (tertiary/aromatic N) is 3. The first kappa shape index (κ1) is 33.0. The van der Waals surface area contributed by atoms with Gasteiger partial charge in [0.05, 0.1) is 49.1 Å². The minimum atomic E-state index is -4.43. The van der Waals surface area contributed by atoms with Crippen molar-refractivity contribution < 1.29 is 27.4 Å². The molecule has 1 saturated heterocycles. The number of aromatic nitrogens is 1. The Bertz CT molecular complexity index is 1610. The molecule has 5 rings (SSSR count). The van der Waals surface area contributed by atoms with Crippen molar-refractivity contribution in [3.63, 3.8) is 0 Å². The van der Waals surface area contributed by atoms with Gasteiger partial charge in [-0.3, -0.25) is 9.69 Å². The number of nitrogens with one attached hydrogen (secondary N) is 3. The van der Waals surface area contributed by atoms with Crippen LogP contribution >= 0.6 is 0 Å². The Hall–Kier alpha value is -4.39. The fraction of sp³-hybridized carbons (Fsp3) is 0.471. The molecule has 12 heteroatoms. The lowest BCUT2D eigenvalue weighted by Gasteiger charge is -2.39. The number of fused-ring (bicyclic) bond motifs is 1. The maximum absolute atomic E-state index is 13.7. The molecule has 0 radical (unpaired) electrons. The molecule has 3 N–H and O–H groups in total. The minimum absolute atomic E-state index is 0.110. The average Bonchev–Trinajstić information content (AvgIpc) is 3.40. The van der Waals surface area contributed by atoms with Crippen molar-refractivity contribution in [3.05, 3.63) is 53.7 Å². The smallest absolute Gasteiger partial charge is 0.406 e. The molecule has 0 bridgehead atoms. The number of carbonyl (C=O) groups excluding carboxylic acids is 1. The zero-order valence-corrected chi connectivity index (χ0v) is 25.9. The van der Waals surface area contributed by atoms with E-state index in [-0.39, 0.29) is 37.2 Å². The first-order valence-corrected chi connectivity index (χ1v) is 15.6. The van der Waals surface area contributed by atoms with Gasteiger partial charge in [-0.15, -0.1) is 0 Å². The second-order valence-corrected chi connectivity index (χ2v) is 11.5. The van der Waals surface area contributed by atoms with E-state index < -0.39 is 12.7 Å². The second kappa shape index (κ2) is 15.3. The van der Waals surface area contributed by atoms with Crippen LogP contribution in [-0.2, 0) is 11.3 Å². The van der Waals surface area contributed by atoms with Crippen LogP contribution in [0.2, 0.25) is 0 Å². The third kappa shape index (κ3) is 8.45. The number of morpholine rings is 1. The average molecular weight is 637 g/mol. The maximum Gasteiger partial charge on any atom is 0.406 e. The van der Waals surface area contributed by atoms with Gasteiger partial charge >= 0.3 is 6.18 Å². The number of carbonyl (C=O) groups is 1. The fourth-order valence-electron chi connectivity index (χ4n) is 6.17. The Morgan fingerprint density at radius 1 is 1.09 bits per heavy atom. The van der Waals surface area contributed by atoms with Crippen LogP contribution in [-0.4, -0.2) is 80.1 Å². The third-order valence-corrected chi connectivity index (χ3v) is 8.43. The third-order valence-electron chi connectivity index (χ3n) is 8.43. The summed E-state index contributed by atoms with van der Waals surface area (Å²) in [7, 11) is 1.52. The summed E-state index contributed by atoms with van der Waals surface area (Å²) in [5.74, 6) is 5.97. The summed E-state index contributed by atoms with van der Waals surface area (Å²) in [6.07, 6.45) is -0.124. The number of ether oxygens (including phenoxy) is 2. The highest BCUT2D eigenvalue weighted by atomic mass is 19.4. The molecule has 244 valence electrons. The van der Waals surface area contributed by atoms with Gasteiger partial charge in [-0.1, -0.05) is 12.0 Å². The highest BCUT2D eigenvalue weighted by Crippen LogP contribution is 2.33. The maximum atomic E-state index is 13.7. The molecule has 2 aromatic carbocycles. The van der Waals surface area contributed by atoms with Gasteiger partial charge in [0, 0.05) is 48.9 Å². The molecule has 9 nitrogen and oxygen atoms in total. The topological polar surface area (TPSA) is 104 Å². The van der Waals surface area contributed by atoms with Crippen molar-refractivity contribution >= 4 is 28.2 Å². The molecule has 0 atom stereocenters. The lowest BCUT2D eigenvalue weighted by Crippen LogP contribution is -2.46. The summed E-state index contributed by atoms with van der Waals surface area (Å²) in [5.41, 5.74) is 2.48. The Kier molecular flexibility index (Phi) is 10.9. The van der Waals surface area contributed by atoms with Gasteiger partial charge in [0.2, 0.25) is 0 Å². The Morgan fingerprint density at radius 3 is 2.59 bits per heavy atom. The summed E-state index contributed by atoms with van der Waals surface area (Å²) >= 11 is 0. The highest BCUT2D eigenvalue weighted by Gasteiger charge is 2.31. The summed E-state index contributed by atoms with van der Waals surface area (Å²) < 4.78 is 53.6. The number of benzene rings is 2. The van der Waals surface area contributed by atoms with Crippen LogP contribution in [0, 0.1) is 23.2 Å². The summed E-state index contributed by atoms with van der Waals surface area (Å²) in [6.45, 7) is 2.59. The van der Waals surface area contributed by atoms with Crippen molar-refractivity contribution in [2.24, 2.45) is 0 Å². The lowest BCUT2D eigenvalue weighted by molar-refractivity contribution is -0.140. The molecule has 1 aromatic heterocycles. The zero-order valence-electron chi connectivity index (χ0n) is 25.9. The van der Waals surface area contributed by atoms with Crippen LogP contribution in [0.1, 0.15) is 48.2 Å². The van der Waals surface area contributed by atoms with Gasteiger partial charge in [-0.05, 0) is 68.0 Å². The number of hydrogen-bond donors (Lipinski definition) is 3.